The minimum atomic E-state index is -3.40. The lowest BCUT2D eigenvalue weighted by Gasteiger charge is -2.24. The first-order chi connectivity index (χ1) is 9.90. The molecule has 0 aliphatic rings. The van der Waals surface area contributed by atoms with Gasteiger partial charge < -0.3 is 9.88 Å². The summed E-state index contributed by atoms with van der Waals surface area (Å²) in [6.07, 6.45) is 3.71. The van der Waals surface area contributed by atoms with Crippen LogP contribution in [0, 0.1) is 5.92 Å². The highest BCUT2D eigenvalue weighted by Crippen LogP contribution is 2.21. The third-order valence-electron chi connectivity index (χ3n) is 4.05. The normalized spacial score (nSPS) is 12.5. The van der Waals surface area contributed by atoms with Crippen molar-refractivity contribution in [2.24, 2.45) is 13.0 Å². The molecule has 0 spiro atoms. The molecule has 1 rings (SSSR count). The molecule has 0 aliphatic carbocycles. The number of aryl methyl sites for hydroxylation is 1. The van der Waals surface area contributed by atoms with E-state index in [0.29, 0.717) is 30.4 Å². The number of aromatic nitrogens is 1. The van der Waals surface area contributed by atoms with E-state index in [1.54, 1.807) is 16.6 Å². The number of nitrogens with zero attached hydrogens (tertiary/aromatic N) is 2. The fraction of sp³-hybridized carbons (Fsp3) is 0.733. The van der Waals surface area contributed by atoms with E-state index in [-0.39, 0.29) is 0 Å². The first-order valence-corrected chi connectivity index (χ1v) is 9.14. The molecule has 1 aromatic rings. The van der Waals surface area contributed by atoms with Crippen molar-refractivity contribution in [1.82, 2.24) is 14.2 Å². The lowest BCUT2D eigenvalue weighted by Crippen LogP contribution is -2.35. The smallest absolute Gasteiger partial charge is 0.244 e. The Bertz CT molecular complexity index is 533. The molecule has 5 nitrogen and oxygen atoms in total. The topological polar surface area (TPSA) is 54.3 Å². The van der Waals surface area contributed by atoms with Crippen molar-refractivity contribution in [2.75, 3.05) is 20.1 Å². The summed E-state index contributed by atoms with van der Waals surface area (Å²) in [5.74, 6) is 0.417. The summed E-state index contributed by atoms with van der Waals surface area (Å²) < 4.78 is 29.1. The Morgan fingerprint density at radius 2 is 1.90 bits per heavy atom. The van der Waals surface area contributed by atoms with Crippen LogP contribution in [0.25, 0.3) is 0 Å². The van der Waals surface area contributed by atoms with Gasteiger partial charge in [-0.2, -0.15) is 4.31 Å². The van der Waals surface area contributed by atoms with Crippen molar-refractivity contribution in [1.29, 1.82) is 0 Å². The minimum absolute atomic E-state index is 0.392. The summed E-state index contributed by atoms with van der Waals surface area (Å²) in [4.78, 5) is 0.392. The summed E-state index contributed by atoms with van der Waals surface area (Å²) in [5.41, 5.74) is 0.967. The van der Waals surface area contributed by atoms with Crippen LogP contribution in [0.4, 0.5) is 0 Å². The van der Waals surface area contributed by atoms with E-state index < -0.39 is 10.0 Å². The molecule has 0 radical (unpaired) electrons. The Hall–Kier alpha value is -0.850. The van der Waals surface area contributed by atoms with E-state index >= 15 is 0 Å². The molecule has 1 heterocycles. The van der Waals surface area contributed by atoms with Crippen LogP contribution in [-0.2, 0) is 23.6 Å². The maximum Gasteiger partial charge on any atom is 0.244 e. The van der Waals surface area contributed by atoms with Gasteiger partial charge in [0.25, 0.3) is 0 Å². The SMILES string of the molecule is CCC(CC)CN(CC)S(=O)(=O)c1cc(CNC)n(C)c1. The summed E-state index contributed by atoms with van der Waals surface area (Å²) >= 11 is 0. The van der Waals surface area contributed by atoms with Crippen LogP contribution in [-0.4, -0.2) is 37.4 Å². The molecule has 0 saturated carbocycles. The molecule has 0 unspecified atom stereocenters. The van der Waals surface area contributed by atoms with Gasteiger partial charge in [0.1, 0.15) is 4.90 Å². The first kappa shape index (κ1) is 18.2. The number of rotatable bonds is 9. The van der Waals surface area contributed by atoms with E-state index in [2.05, 4.69) is 19.2 Å². The molecule has 1 aromatic heterocycles. The average Bonchev–Trinajstić information content (AvgIpc) is 2.82. The van der Waals surface area contributed by atoms with Gasteiger partial charge in [-0.05, 0) is 19.0 Å². The molecule has 0 bridgehead atoms. The van der Waals surface area contributed by atoms with Gasteiger partial charge in [0.05, 0.1) is 0 Å². The highest BCUT2D eigenvalue weighted by Gasteiger charge is 2.26. The summed E-state index contributed by atoms with van der Waals surface area (Å²) in [7, 11) is 0.330. The minimum Gasteiger partial charge on any atom is -0.352 e. The summed E-state index contributed by atoms with van der Waals surface area (Å²) in [6.45, 7) is 7.89. The van der Waals surface area contributed by atoms with E-state index in [1.165, 1.54) is 0 Å². The number of hydrogen-bond acceptors (Lipinski definition) is 3. The molecule has 0 fully saturated rings. The van der Waals surface area contributed by atoms with Gasteiger partial charge in [-0.15, -0.1) is 0 Å². The quantitative estimate of drug-likeness (QED) is 0.760. The van der Waals surface area contributed by atoms with Crippen LogP contribution in [0.2, 0.25) is 0 Å². The molecular weight excluding hydrogens is 286 g/mol. The van der Waals surface area contributed by atoms with Crippen molar-refractivity contribution < 1.29 is 8.42 Å². The van der Waals surface area contributed by atoms with Crippen LogP contribution >= 0.6 is 0 Å². The van der Waals surface area contributed by atoms with Gasteiger partial charge in [-0.1, -0.05) is 33.6 Å². The van der Waals surface area contributed by atoms with E-state index in [9.17, 15) is 8.42 Å². The predicted octanol–water partition coefficient (Wildman–Crippen LogP) is 2.19. The predicted molar refractivity (Wildman–Crippen MR) is 86.7 cm³/mol. The van der Waals surface area contributed by atoms with Gasteiger partial charge in [-0.3, -0.25) is 0 Å². The Morgan fingerprint density at radius 3 is 2.38 bits per heavy atom. The molecule has 0 atom stereocenters. The summed E-state index contributed by atoms with van der Waals surface area (Å²) in [5, 5.41) is 3.05. The maximum atomic E-state index is 12.8. The van der Waals surface area contributed by atoms with E-state index in [1.807, 2.05) is 25.6 Å². The fourth-order valence-corrected chi connectivity index (χ4v) is 4.08. The van der Waals surface area contributed by atoms with Crippen molar-refractivity contribution >= 4 is 10.0 Å². The number of nitrogens with one attached hydrogen (secondary N) is 1. The maximum absolute atomic E-state index is 12.8. The highest BCUT2D eigenvalue weighted by molar-refractivity contribution is 7.89. The van der Waals surface area contributed by atoms with Crippen LogP contribution in [0.3, 0.4) is 0 Å². The molecule has 6 heteroatoms. The zero-order valence-electron chi connectivity index (χ0n) is 13.9. The lowest BCUT2D eigenvalue weighted by atomic mass is 10.0. The van der Waals surface area contributed by atoms with Gasteiger partial charge in [0, 0.05) is 38.6 Å². The van der Waals surface area contributed by atoms with Gasteiger partial charge in [0.2, 0.25) is 10.0 Å². The van der Waals surface area contributed by atoms with Gasteiger partial charge in [0.15, 0.2) is 0 Å². The Balaban J connectivity index is 3.04. The second-order valence-electron chi connectivity index (χ2n) is 5.45. The molecule has 122 valence electrons. The molecule has 0 aromatic carbocycles. The Labute approximate surface area is 129 Å². The largest absolute Gasteiger partial charge is 0.352 e. The highest BCUT2D eigenvalue weighted by atomic mass is 32.2. The average molecular weight is 315 g/mol. The Kier molecular flexibility index (Phi) is 6.90. The second kappa shape index (κ2) is 7.96. The number of sulfonamides is 1. The third-order valence-corrected chi connectivity index (χ3v) is 5.95. The van der Waals surface area contributed by atoms with Gasteiger partial charge in [-0.25, -0.2) is 8.42 Å². The standard InChI is InChI=1S/C15H29N3O2S/c1-6-13(7-2)11-18(8-3)21(19,20)15-9-14(10-16-4)17(5)12-15/h9,12-13,16H,6-8,10-11H2,1-5H3. The first-order valence-electron chi connectivity index (χ1n) is 7.70. The third kappa shape index (κ3) is 4.31. The monoisotopic (exact) mass is 315 g/mol. The van der Waals surface area contributed by atoms with Crippen LogP contribution in [0.5, 0.6) is 0 Å². The van der Waals surface area contributed by atoms with Gasteiger partial charge >= 0.3 is 0 Å². The fourth-order valence-electron chi connectivity index (χ4n) is 2.46. The molecule has 1 N–H and O–H groups in total. The van der Waals surface area contributed by atoms with Crippen LogP contribution in [0.15, 0.2) is 17.2 Å². The molecular formula is C15H29N3O2S. The lowest BCUT2D eigenvalue weighted by molar-refractivity contribution is 0.339. The van der Waals surface area contributed by atoms with E-state index in [4.69, 9.17) is 0 Å². The zero-order chi connectivity index (χ0) is 16.0. The molecule has 21 heavy (non-hydrogen) atoms. The van der Waals surface area contributed by atoms with Crippen molar-refractivity contribution in [3.8, 4) is 0 Å². The summed E-state index contributed by atoms with van der Waals surface area (Å²) in [6, 6.07) is 1.77. The van der Waals surface area contributed by atoms with Crippen LogP contribution in [0.1, 0.15) is 39.3 Å². The second-order valence-corrected chi connectivity index (χ2v) is 7.38. The molecule has 0 saturated heterocycles. The van der Waals surface area contributed by atoms with Crippen molar-refractivity contribution in [3.05, 3.63) is 18.0 Å². The van der Waals surface area contributed by atoms with Crippen LogP contribution < -0.4 is 5.32 Å². The Morgan fingerprint density at radius 1 is 1.29 bits per heavy atom. The van der Waals surface area contributed by atoms with E-state index in [0.717, 1.165) is 18.5 Å². The number of hydrogen-bond donors (Lipinski definition) is 1. The van der Waals surface area contributed by atoms with Crippen molar-refractivity contribution in [2.45, 2.75) is 45.1 Å². The van der Waals surface area contributed by atoms with Crippen molar-refractivity contribution in [3.63, 3.8) is 0 Å². The molecule has 0 aliphatic heterocycles. The molecule has 0 amide bonds. The zero-order valence-corrected chi connectivity index (χ0v) is 14.7.